The van der Waals surface area contributed by atoms with Gasteiger partial charge in [-0.2, -0.15) is 0 Å². The molecule has 0 saturated carbocycles. The average Bonchev–Trinajstić information content (AvgIpc) is 2.34. The van der Waals surface area contributed by atoms with Crippen molar-refractivity contribution in [2.45, 2.75) is 18.9 Å². The number of nitrogens with two attached hydrogens (primary N) is 1. The predicted octanol–water partition coefficient (Wildman–Crippen LogP) is 2.37. The maximum Gasteiger partial charge on any atom is 0.338 e. The highest BCUT2D eigenvalue weighted by molar-refractivity contribution is 9.10. The first-order valence-electron chi connectivity index (χ1n) is 5.50. The van der Waals surface area contributed by atoms with Crippen LogP contribution in [0.2, 0.25) is 0 Å². The molecule has 0 bridgehead atoms. The van der Waals surface area contributed by atoms with Crippen LogP contribution in [-0.2, 0) is 9.47 Å². The molecule has 1 saturated heterocycles. The molecule has 0 atom stereocenters. The van der Waals surface area contributed by atoms with Crippen molar-refractivity contribution in [2.75, 3.05) is 18.9 Å². The number of hydrogen-bond acceptors (Lipinski definition) is 4. The molecule has 17 heavy (non-hydrogen) atoms. The fraction of sp³-hybridized carbons (Fsp3) is 0.417. The van der Waals surface area contributed by atoms with Crippen molar-refractivity contribution in [1.82, 2.24) is 0 Å². The quantitative estimate of drug-likeness (QED) is 0.673. The van der Waals surface area contributed by atoms with Crippen LogP contribution < -0.4 is 5.73 Å². The lowest BCUT2D eigenvalue weighted by Crippen LogP contribution is -2.26. The van der Waals surface area contributed by atoms with Crippen LogP contribution in [0, 0.1) is 0 Å². The monoisotopic (exact) mass is 299 g/mol. The van der Waals surface area contributed by atoms with Gasteiger partial charge in [-0.15, -0.1) is 0 Å². The molecule has 0 aliphatic carbocycles. The van der Waals surface area contributed by atoms with Crippen molar-refractivity contribution in [3.05, 3.63) is 28.2 Å². The normalized spacial score (nSPS) is 16.8. The highest BCUT2D eigenvalue weighted by Gasteiger charge is 2.19. The van der Waals surface area contributed by atoms with E-state index in [9.17, 15) is 4.79 Å². The molecule has 0 amide bonds. The summed E-state index contributed by atoms with van der Waals surface area (Å²) in [4.78, 5) is 11.8. The molecule has 2 rings (SSSR count). The van der Waals surface area contributed by atoms with E-state index in [0.29, 0.717) is 24.5 Å². The number of ether oxygens (including phenoxy) is 2. The summed E-state index contributed by atoms with van der Waals surface area (Å²) in [5, 5.41) is 0. The summed E-state index contributed by atoms with van der Waals surface area (Å²) in [7, 11) is 0. The van der Waals surface area contributed by atoms with Gasteiger partial charge in [0.05, 0.1) is 18.8 Å². The molecule has 2 N–H and O–H groups in total. The zero-order valence-electron chi connectivity index (χ0n) is 9.32. The first-order valence-corrected chi connectivity index (χ1v) is 6.30. The van der Waals surface area contributed by atoms with Crippen molar-refractivity contribution in [2.24, 2.45) is 0 Å². The molecule has 0 unspecified atom stereocenters. The van der Waals surface area contributed by atoms with Crippen molar-refractivity contribution < 1.29 is 14.3 Å². The summed E-state index contributed by atoms with van der Waals surface area (Å²) in [5.74, 6) is -0.323. The lowest BCUT2D eigenvalue weighted by molar-refractivity contribution is -0.0159. The van der Waals surface area contributed by atoms with Crippen LogP contribution >= 0.6 is 15.9 Å². The summed E-state index contributed by atoms with van der Waals surface area (Å²) in [5.41, 5.74) is 6.73. The lowest BCUT2D eigenvalue weighted by Gasteiger charge is -2.22. The van der Waals surface area contributed by atoms with E-state index in [0.717, 1.165) is 17.3 Å². The van der Waals surface area contributed by atoms with Crippen molar-refractivity contribution in [3.8, 4) is 0 Å². The number of carbonyl (C=O) groups excluding carboxylic acids is 1. The number of rotatable bonds is 2. The van der Waals surface area contributed by atoms with E-state index in [2.05, 4.69) is 15.9 Å². The summed E-state index contributed by atoms with van der Waals surface area (Å²) in [6.07, 6.45) is 1.48. The Balaban J connectivity index is 2.01. The number of halogens is 1. The second-order valence-electron chi connectivity index (χ2n) is 3.95. The Hall–Kier alpha value is -1.07. The third-order valence-corrected chi connectivity index (χ3v) is 3.40. The Labute approximate surface area is 108 Å². The van der Waals surface area contributed by atoms with E-state index < -0.39 is 0 Å². The minimum absolute atomic E-state index is 0.0406. The zero-order chi connectivity index (χ0) is 12.3. The maximum absolute atomic E-state index is 11.8. The molecule has 1 heterocycles. The van der Waals surface area contributed by atoms with Crippen molar-refractivity contribution >= 4 is 27.6 Å². The average molecular weight is 300 g/mol. The first-order chi connectivity index (χ1) is 8.16. The molecule has 5 heteroatoms. The number of hydrogen-bond donors (Lipinski definition) is 1. The topological polar surface area (TPSA) is 61.6 Å². The van der Waals surface area contributed by atoms with E-state index in [1.54, 1.807) is 18.2 Å². The van der Waals surface area contributed by atoms with Crippen LogP contribution in [0.15, 0.2) is 22.7 Å². The van der Waals surface area contributed by atoms with E-state index in [4.69, 9.17) is 15.2 Å². The molecule has 0 radical (unpaired) electrons. The molecule has 0 spiro atoms. The fourth-order valence-corrected chi connectivity index (χ4v) is 1.93. The third-order valence-electron chi connectivity index (χ3n) is 2.67. The fourth-order valence-electron chi connectivity index (χ4n) is 1.68. The molecule has 1 aliphatic rings. The van der Waals surface area contributed by atoms with Gasteiger partial charge < -0.3 is 15.2 Å². The smallest absolute Gasteiger partial charge is 0.338 e. The Morgan fingerprint density at radius 3 is 2.76 bits per heavy atom. The molecule has 1 aliphatic heterocycles. The van der Waals surface area contributed by atoms with Crippen LogP contribution in [0.5, 0.6) is 0 Å². The van der Waals surface area contributed by atoms with E-state index >= 15 is 0 Å². The zero-order valence-corrected chi connectivity index (χ0v) is 10.9. The first kappa shape index (κ1) is 12.4. The Morgan fingerprint density at radius 1 is 1.41 bits per heavy atom. The van der Waals surface area contributed by atoms with Gasteiger partial charge in [-0.25, -0.2) is 4.79 Å². The standard InChI is InChI=1S/C12H14BrNO3/c13-10-2-1-8(7-11(10)14)12(15)17-9-3-5-16-6-4-9/h1-2,7,9H,3-6,14H2. The van der Waals surface area contributed by atoms with Crippen LogP contribution in [-0.4, -0.2) is 25.3 Å². The van der Waals surface area contributed by atoms with Gasteiger partial charge in [-0.05, 0) is 34.1 Å². The Morgan fingerprint density at radius 2 is 2.12 bits per heavy atom. The van der Waals surface area contributed by atoms with Gasteiger partial charge in [0, 0.05) is 23.0 Å². The van der Waals surface area contributed by atoms with Gasteiger partial charge in [-0.1, -0.05) is 0 Å². The number of benzene rings is 1. The maximum atomic E-state index is 11.8. The van der Waals surface area contributed by atoms with E-state index in [1.165, 1.54) is 0 Å². The highest BCUT2D eigenvalue weighted by Crippen LogP contribution is 2.21. The van der Waals surface area contributed by atoms with Gasteiger partial charge in [0.1, 0.15) is 6.10 Å². The Kier molecular flexibility index (Phi) is 4.02. The van der Waals surface area contributed by atoms with Gasteiger partial charge in [-0.3, -0.25) is 0 Å². The highest BCUT2D eigenvalue weighted by atomic mass is 79.9. The van der Waals surface area contributed by atoms with Crippen molar-refractivity contribution in [3.63, 3.8) is 0 Å². The van der Waals surface area contributed by atoms with Gasteiger partial charge >= 0.3 is 5.97 Å². The van der Waals surface area contributed by atoms with E-state index in [-0.39, 0.29) is 12.1 Å². The predicted molar refractivity (Wildman–Crippen MR) is 67.8 cm³/mol. The molecular weight excluding hydrogens is 286 g/mol. The largest absolute Gasteiger partial charge is 0.459 e. The second kappa shape index (κ2) is 5.51. The van der Waals surface area contributed by atoms with Crippen LogP contribution in [0.3, 0.4) is 0 Å². The molecule has 1 fully saturated rings. The minimum atomic E-state index is -0.323. The summed E-state index contributed by atoms with van der Waals surface area (Å²) in [6, 6.07) is 5.06. The minimum Gasteiger partial charge on any atom is -0.459 e. The van der Waals surface area contributed by atoms with Crippen molar-refractivity contribution in [1.29, 1.82) is 0 Å². The molecular formula is C12H14BrNO3. The van der Waals surface area contributed by atoms with Crippen LogP contribution in [0.25, 0.3) is 0 Å². The SMILES string of the molecule is Nc1cc(C(=O)OC2CCOCC2)ccc1Br. The van der Waals surface area contributed by atoms with Gasteiger partial charge in [0.15, 0.2) is 0 Å². The lowest BCUT2D eigenvalue weighted by atomic mass is 10.1. The Bertz CT molecular complexity index is 416. The number of esters is 1. The second-order valence-corrected chi connectivity index (χ2v) is 4.81. The number of anilines is 1. The summed E-state index contributed by atoms with van der Waals surface area (Å²) in [6.45, 7) is 1.31. The number of carbonyl (C=O) groups is 1. The molecule has 1 aromatic carbocycles. The van der Waals surface area contributed by atoms with E-state index in [1.807, 2.05) is 0 Å². The molecule has 4 nitrogen and oxygen atoms in total. The summed E-state index contributed by atoms with van der Waals surface area (Å²) < 4.78 is 11.4. The van der Waals surface area contributed by atoms with Gasteiger partial charge in [0.25, 0.3) is 0 Å². The number of nitrogen functional groups attached to an aromatic ring is 1. The third kappa shape index (κ3) is 3.20. The summed E-state index contributed by atoms with van der Waals surface area (Å²) >= 11 is 3.28. The van der Waals surface area contributed by atoms with Gasteiger partial charge in [0.2, 0.25) is 0 Å². The molecule has 92 valence electrons. The van der Waals surface area contributed by atoms with Crippen LogP contribution in [0.4, 0.5) is 5.69 Å². The van der Waals surface area contributed by atoms with Crippen LogP contribution in [0.1, 0.15) is 23.2 Å². The molecule has 0 aromatic heterocycles. The molecule has 1 aromatic rings.